The van der Waals surface area contributed by atoms with Gasteiger partial charge in [0, 0.05) is 18.8 Å². The Labute approximate surface area is 100 Å². The van der Waals surface area contributed by atoms with E-state index in [1.54, 1.807) is 12.4 Å². The first-order valence-corrected chi connectivity index (χ1v) is 6.06. The molecule has 17 heavy (non-hydrogen) atoms. The zero-order chi connectivity index (χ0) is 11.7. The normalized spacial score (nSPS) is 24.1. The van der Waals surface area contributed by atoms with E-state index in [9.17, 15) is 4.79 Å². The van der Waals surface area contributed by atoms with Crippen molar-refractivity contribution in [2.45, 2.75) is 18.9 Å². The summed E-state index contributed by atoms with van der Waals surface area (Å²) in [4.78, 5) is 17.9. The summed E-state index contributed by atoms with van der Waals surface area (Å²) in [5.74, 6) is 0.0519. The fourth-order valence-electron chi connectivity index (χ4n) is 2.59. The average Bonchev–Trinajstić information content (AvgIpc) is 2.39. The summed E-state index contributed by atoms with van der Waals surface area (Å²) in [6.45, 7) is 2.48. The zero-order valence-electron chi connectivity index (χ0n) is 9.65. The number of nitrogens with one attached hydrogen (secondary N) is 2. The highest BCUT2D eigenvalue weighted by Crippen LogP contribution is 2.30. The lowest BCUT2D eigenvalue weighted by Gasteiger charge is -2.39. The molecule has 0 aromatic carbocycles. The molecule has 0 aliphatic carbocycles. The van der Waals surface area contributed by atoms with Crippen LogP contribution in [0.15, 0.2) is 18.5 Å². The second-order valence-corrected chi connectivity index (χ2v) is 4.57. The quantitative estimate of drug-likeness (QED) is 0.744. The molecule has 1 atom stereocenters. The molecule has 0 spiro atoms. The fraction of sp³-hybridized carbons (Fsp3) is 0.500. The highest BCUT2D eigenvalue weighted by molar-refractivity contribution is 6.00. The third kappa shape index (κ3) is 1.98. The molecule has 5 heteroatoms. The molecule has 2 aliphatic rings. The summed E-state index contributed by atoms with van der Waals surface area (Å²) in [5, 5.41) is 6.25. The van der Waals surface area contributed by atoms with Gasteiger partial charge in [-0.2, -0.15) is 0 Å². The molecule has 5 nitrogen and oxygen atoms in total. The number of carbonyl (C=O) groups excluding carboxylic acids is 1. The van der Waals surface area contributed by atoms with Gasteiger partial charge in [0.25, 0.3) is 0 Å². The Balaban J connectivity index is 1.91. The molecule has 1 saturated heterocycles. The predicted molar refractivity (Wildman–Crippen MR) is 66.1 cm³/mol. The second kappa shape index (κ2) is 4.33. The van der Waals surface area contributed by atoms with E-state index in [0.717, 1.165) is 30.9 Å². The van der Waals surface area contributed by atoms with Crippen LogP contribution in [0.5, 0.6) is 0 Å². The van der Waals surface area contributed by atoms with E-state index >= 15 is 0 Å². The van der Waals surface area contributed by atoms with Crippen LogP contribution < -0.4 is 15.5 Å². The smallest absolute Gasteiger partial charge is 0.244 e. The van der Waals surface area contributed by atoms with Gasteiger partial charge in [-0.1, -0.05) is 0 Å². The van der Waals surface area contributed by atoms with Gasteiger partial charge in [-0.25, -0.2) is 0 Å². The minimum atomic E-state index is 0.0519. The van der Waals surface area contributed by atoms with Gasteiger partial charge >= 0.3 is 0 Å². The van der Waals surface area contributed by atoms with Crippen molar-refractivity contribution in [3.8, 4) is 0 Å². The maximum absolute atomic E-state index is 11.7. The number of aromatic nitrogens is 1. The number of hydrogen-bond acceptors (Lipinski definition) is 4. The van der Waals surface area contributed by atoms with Crippen molar-refractivity contribution >= 4 is 17.3 Å². The topological polar surface area (TPSA) is 57.3 Å². The molecule has 1 aromatic heterocycles. The number of piperidine rings is 1. The van der Waals surface area contributed by atoms with E-state index in [4.69, 9.17) is 0 Å². The number of hydrogen-bond donors (Lipinski definition) is 2. The van der Waals surface area contributed by atoms with Crippen LogP contribution in [0.1, 0.15) is 12.8 Å². The fourth-order valence-corrected chi connectivity index (χ4v) is 2.59. The summed E-state index contributed by atoms with van der Waals surface area (Å²) in [6.07, 6.45) is 5.81. The van der Waals surface area contributed by atoms with Crippen LogP contribution in [-0.2, 0) is 4.79 Å². The second-order valence-electron chi connectivity index (χ2n) is 4.57. The third-order valence-corrected chi connectivity index (χ3v) is 3.41. The first-order valence-electron chi connectivity index (χ1n) is 6.06. The number of anilines is 2. The van der Waals surface area contributed by atoms with Crippen LogP contribution in [-0.4, -0.2) is 36.6 Å². The first kappa shape index (κ1) is 10.5. The standard InChI is InChI=1S/C12H16N4O/c17-12-8-16(9-2-1-4-13-6-9)11-3-5-14-7-10(11)15-12/h3,5,7,9,13H,1-2,4,6,8H2,(H,15,17). The van der Waals surface area contributed by atoms with Gasteiger partial charge in [0.1, 0.15) is 0 Å². The van der Waals surface area contributed by atoms with E-state index < -0.39 is 0 Å². The Morgan fingerprint density at radius 2 is 2.41 bits per heavy atom. The summed E-state index contributed by atoms with van der Waals surface area (Å²) in [5.41, 5.74) is 1.92. The maximum atomic E-state index is 11.7. The molecule has 0 bridgehead atoms. The summed E-state index contributed by atoms with van der Waals surface area (Å²) in [7, 11) is 0. The average molecular weight is 232 g/mol. The molecule has 90 valence electrons. The highest BCUT2D eigenvalue weighted by Gasteiger charge is 2.28. The van der Waals surface area contributed by atoms with Crippen LogP contribution in [0.25, 0.3) is 0 Å². The number of nitrogens with zero attached hydrogens (tertiary/aromatic N) is 2. The predicted octanol–water partition coefficient (Wildman–Crippen LogP) is 0.592. The lowest BCUT2D eigenvalue weighted by molar-refractivity contribution is -0.115. The molecule has 0 saturated carbocycles. The number of amides is 1. The van der Waals surface area contributed by atoms with Crippen molar-refractivity contribution in [1.29, 1.82) is 0 Å². The number of fused-ring (bicyclic) bond motifs is 1. The molecule has 2 N–H and O–H groups in total. The maximum Gasteiger partial charge on any atom is 0.244 e. The molecule has 1 amide bonds. The van der Waals surface area contributed by atoms with Gasteiger partial charge in [0.05, 0.1) is 24.1 Å². The van der Waals surface area contributed by atoms with E-state index in [2.05, 4.69) is 20.5 Å². The van der Waals surface area contributed by atoms with Gasteiger partial charge in [-0.05, 0) is 25.5 Å². The highest BCUT2D eigenvalue weighted by atomic mass is 16.2. The molecular formula is C12H16N4O. The van der Waals surface area contributed by atoms with Gasteiger partial charge in [-0.3, -0.25) is 9.78 Å². The first-order chi connectivity index (χ1) is 8.34. The molecule has 3 rings (SSSR count). The molecule has 1 aromatic rings. The Bertz CT molecular complexity index is 428. The summed E-state index contributed by atoms with van der Waals surface area (Å²) >= 11 is 0. The minimum absolute atomic E-state index is 0.0519. The monoisotopic (exact) mass is 232 g/mol. The van der Waals surface area contributed by atoms with Crippen LogP contribution in [0.3, 0.4) is 0 Å². The van der Waals surface area contributed by atoms with Gasteiger partial charge < -0.3 is 15.5 Å². The van der Waals surface area contributed by atoms with Crippen LogP contribution >= 0.6 is 0 Å². The molecule has 1 fully saturated rings. The van der Waals surface area contributed by atoms with E-state index in [1.807, 2.05) is 6.07 Å². The van der Waals surface area contributed by atoms with E-state index in [1.165, 1.54) is 6.42 Å². The molecule has 3 heterocycles. The van der Waals surface area contributed by atoms with Crippen LogP contribution in [0.2, 0.25) is 0 Å². The molecule has 1 unspecified atom stereocenters. The molecule has 0 radical (unpaired) electrons. The van der Waals surface area contributed by atoms with Crippen molar-refractivity contribution in [1.82, 2.24) is 10.3 Å². The Hall–Kier alpha value is -1.62. The van der Waals surface area contributed by atoms with Gasteiger partial charge in [-0.15, -0.1) is 0 Å². The Morgan fingerprint density at radius 3 is 3.24 bits per heavy atom. The lowest BCUT2D eigenvalue weighted by atomic mass is 10.0. The summed E-state index contributed by atoms with van der Waals surface area (Å²) < 4.78 is 0. The van der Waals surface area contributed by atoms with E-state index in [0.29, 0.717) is 12.6 Å². The van der Waals surface area contributed by atoms with Crippen LogP contribution in [0, 0.1) is 0 Å². The number of carbonyl (C=O) groups is 1. The van der Waals surface area contributed by atoms with Crippen molar-refractivity contribution in [3.05, 3.63) is 18.5 Å². The third-order valence-electron chi connectivity index (χ3n) is 3.41. The molecule has 2 aliphatic heterocycles. The molecular weight excluding hydrogens is 216 g/mol. The van der Waals surface area contributed by atoms with Crippen LogP contribution in [0.4, 0.5) is 11.4 Å². The van der Waals surface area contributed by atoms with Crippen molar-refractivity contribution in [2.75, 3.05) is 29.9 Å². The van der Waals surface area contributed by atoms with Gasteiger partial charge in [0.2, 0.25) is 5.91 Å². The number of rotatable bonds is 1. The Kier molecular flexibility index (Phi) is 2.68. The van der Waals surface area contributed by atoms with E-state index in [-0.39, 0.29) is 5.91 Å². The van der Waals surface area contributed by atoms with Crippen molar-refractivity contribution in [2.24, 2.45) is 0 Å². The summed E-state index contributed by atoms with van der Waals surface area (Å²) in [6, 6.07) is 2.39. The zero-order valence-corrected chi connectivity index (χ0v) is 9.65. The largest absolute Gasteiger partial charge is 0.356 e. The number of pyridine rings is 1. The SMILES string of the molecule is O=C1CN(C2CCCNC2)c2ccncc2N1. The Morgan fingerprint density at radius 1 is 1.47 bits per heavy atom. The minimum Gasteiger partial charge on any atom is -0.356 e. The van der Waals surface area contributed by atoms with Crippen molar-refractivity contribution < 1.29 is 4.79 Å². The van der Waals surface area contributed by atoms with Crippen molar-refractivity contribution in [3.63, 3.8) is 0 Å². The lowest BCUT2D eigenvalue weighted by Crippen LogP contribution is -2.51. The van der Waals surface area contributed by atoms with Gasteiger partial charge in [0.15, 0.2) is 0 Å².